The van der Waals surface area contributed by atoms with Gasteiger partial charge in [-0.2, -0.15) is 0 Å². The fourth-order valence-corrected chi connectivity index (χ4v) is 1.59. The Labute approximate surface area is 88.4 Å². The van der Waals surface area contributed by atoms with Crippen LogP contribution in [0.2, 0.25) is 0 Å². The second-order valence-electron chi connectivity index (χ2n) is 4.23. The van der Waals surface area contributed by atoms with E-state index in [1.807, 2.05) is 12.1 Å². The molecular formula is C12H14O3. The monoisotopic (exact) mass is 206 g/mol. The standard InChI is InChI=1S/C12H14O3/c13-11(14)10-3-1-9(2-4-10)5-6-12(15)7-8-12/h1-4,15H,5-8H2,(H,13,14). The Morgan fingerprint density at radius 1 is 1.27 bits per heavy atom. The topological polar surface area (TPSA) is 57.5 Å². The van der Waals surface area contributed by atoms with Crippen LogP contribution in [0.3, 0.4) is 0 Å². The van der Waals surface area contributed by atoms with E-state index in [4.69, 9.17) is 5.11 Å². The number of carboxylic acids is 1. The first kappa shape index (κ1) is 10.2. The first-order chi connectivity index (χ1) is 7.09. The molecular weight excluding hydrogens is 192 g/mol. The molecule has 15 heavy (non-hydrogen) atoms. The number of rotatable bonds is 4. The van der Waals surface area contributed by atoms with E-state index >= 15 is 0 Å². The van der Waals surface area contributed by atoms with Gasteiger partial charge in [0.2, 0.25) is 0 Å². The summed E-state index contributed by atoms with van der Waals surface area (Å²) in [5.74, 6) is -0.901. The van der Waals surface area contributed by atoms with E-state index in [9.17, 15) is 9.90 Å². The summed E-state index contributed by atoms with van der Waals surface area (Å²) in [4.78, 5) is 10.6. The van der Waals surface area contributed by atoms with Gasteiger partial charge in [-0.05, 0) is 43.4 Å². The maximum atomic E-state index is 10.6. The van der Waals surface area contributed by atoms with Gasteiger partial charge in [0, 0.05) is 0 Å². The molecule has 1 fully saturated rings. The third-order valence-corrected chi connectivity index (χ3v) is 2.91. The number of hydrogen-bond donors (Lipinski definition) is 2. The smallest absolute Gasteiger partial charge is 0.335 e. The van der Waals surface area contributed by atoms with Crippen LogP contribution in [0, 0.1) is 0 Å². The van der Waals surface area contributed by atoms with Crippen molar-refractivity contribution in [2.24, 2.45) is 0 Å². The highest BCUT2D eigenvalue weighted by Gasteiger charge is 2.39. The van der Waals surface area contributed by atoms with E-state index in [1.54, 1.807) is 12.1 Å². The zero-order chi connectivity index (χ0) is 10.9. The number of aryl methyl sites for hydroxylation is 1. The van der Waals surface area contributed by atoms with Crippen molar-refractivity contribution in [2.75, 3.05) is 0 Å². The summed E-state index contributed by atoms with van der Waals surface area (Å²) in [6, 6.07) is 6.84. The number of aliphatic hydroxyl groups is 1. The van der Waals surface area contributed by atoms with Crippen molar-refractivity contribution in [3.05, 3.63) is 35.4 Å². The van der Waals surface area contributed by atoms with Gasteiger partial charge in [0.25, 0.3) is 0 Å². The molecule has 1 aromatic carbocycles. The van der Waals surface area contributed by atoms with Gasteiger partial charge in [0.1, 0.15) is 0 Å². The molecule has 0 atom stereocenters. The van der Waals surface area contributed by atoms with E-state index in [1.165, 1.54) is 0 Å². The van der Waals surface area contributed by atoms with Crippen LogP contribution in [0.4, 0.5) is 0 Å². The van der Waals surface area contributed by atoms with Crippen molar-refractivity contribution in [1.29, 1.82) is 0 Å². The fraction of sp³-hybridized carbons (Fsp3) is 0.417. The van der Waals surface area contributed by atoms with Crippen molar-refractivity contribution in [3.63, 3.8) is 0 Å². The van der Waals surface area contributed by atoms with Crippen molar-refractivity contribution < 1.29 is 15.0 Å². The minimum atomic E-state index is -0.901. The zero-order valence-electron chi connectivity index (χ0n) is 8.44. The van der Waals surface area contributed by atoms with Crippen LogP contribution in [-0.2, 0) is 6.42 Å². The average Bonchev–Trinajstić information content (AvgIpc) is 2.95. The van der Waals surface area contributed by atoms with Gasteiger partial charge in [-0.25, -0.2) is 4.79 Å². The molecule has 0 saturated heterocycles. The third kappa shape index (κ3) is 2.57. The van der Waals surface area contributed by atoms with Gasteiger partial charge >= 0.3 is 5.97 Å². The number of hydrogen-bond acceptors (Lipinski definition) is 2. The van der Waals surface area contributed by atoms with Crippen molar-refractivity contribution in [2.45, 2.75) is 31.3 Å². The molecule has 0 heterocycles. The minimum Gasteiger partial charge on any atom is -0.478 e. The Hall–Kier alpha value is -1.35. The largest absolute Gasteiger partial charge is 0.478 e. The number of carboxylic acid groups (broad SMARTS) is 1. The lowest BCUT2D eigenvalue weighted by Gasteiger charge is -2.06. The van der Waals surface area contributed by atoms with Gasteiger partial charge in [-0.15, -0.1) is 0 Å². The SMILES string of the molecule is O=C(O)c1ccc(CCC2(O)CC2)cc1. The minimum absolute atomic E-state index is 0.309. The quantitative estimate of drug-likeness (QED) is 0.790. The maximum absolute atomic E-state index is 10.6. The van der Waals surface area contributed by atoms with Crippen LogP contribution in [0.25, 0.3) is 0 Å². The van der Waals surface area contributed by atoms with Gasteiger partial charge in [0.05, 0.1) is 11.2 Å². The normalized spacial score (nSPS) is 17.4. The lowest BCUT2D eigenvalue weighted by Crippen LogP contribution is -2.07. The summed E-state index contributed by atoms with van der Waals surface area (Å²) in [5.41, 5.74) is 0.968. The molecule has 80 valence electrons. The lowest BCUT2D eigenvalue weighted by molar-refractivity contribution is 0.0696. The molecule has 3 nitrogen and oxygen atoms in total. The Balaban J connectivity index is 1.95. The van der Waals surface area contributed by atoms with Crippen molar-refractivity contribution in [1.82, 2.24) is 0 Å². The van der Waals surface area contributed by atoms with E-state index in [-0.39, 0.29) is 0 Å². The predicted octanol–water partition coefficient (Wildman–Crippen LogP) is 1.84. The fourth-order valence-electron chi connectivity index (χ4n) is 1.59. The molecule has 3 heteroatoms. The van der Waals surface area contributed by atoms with Crippen molar-refractivity contribution >= 4 is 5.97 Å². The molecule has 0 amide bonds. The molecule has 1 aromatic rings. The van der Waals surface area contributed by atoms with Crippen molar-refractivity contribution in [3.8, 4) is 0 Å². The average molecular weight is 206 g/mol. The summed E-state index contributed by atoms with van der Waals surface area (Å²) in [7, 11) is 0. The van der Waals surface area contributed by atoms with Crippen LogP contribution in [0.5, 0.6) is 0 Å². The Morgan fingerprint density at radius 3 is 2.33 bits per heavy atom. The van der Waals surface area contributed by atoms with E-state index in [0.717, 1.165) is 31.2 Å². The molecule has 1 aliphatic carbocycles. The van der Waals surface area contributed by atoms with Gasteiger partial charge < -0.3 is 10.2 Å². The summed E-state index contributed by atoms with van der Waals surface area (Å²) >= 11 is 0. The Bertz CT molecular complexity index is 363. The lowest BCUT2D eigenvalue weighted by atomic mass is 10.0. The van der Waals surface area contributed by atoms with Crippen LogP contribution >= 0.6 is 0 Å². The van der Waals surface area contributed by atoms with Crippen LogP contribution in [-0.4, -0.2) is 21.8 Å². The maximum Gasteiger partial charge on any atom is 0.335 e. The van der Waals surface area contributed by atoms with E-state index in [0.29, 0.717) is 5.56 Å². The summed E-state index contributed by atoms with van der Waals surface area (Å²) in [6.45, 7) is 0. The molecule has 2 rings (SSSR count). The second-order valence-corrected chi connectivity index (χ2v) is 4.23. The molecule has 0 aromatic heterocycles. The molecule has 2 N–H and O–H groups in total. The summed E-state index contributed by atoms with van der Waals surface area (Å²) < 4.78 is 0. The molecule has 0 spiro atoms. The van der Waals surface area contributed by atoms with E-state index < -0.39 is 11.6 Å². The number of aromatic carboxylic acids is 1. The van der Waals surface area contributed by atoms with Crippen LogP contribution in [0.1, 0.15) is 35.2 Å². The first-order valence-corrected chi connectivity index (χ1v) is 5.14. The zero-order valence-corrected chi connectivity index (χ0v) is 8.44. The summed E-state index contributed by atoms with van der Waals surface area (Å²) in [5, 5.41) is 18.3. The Morgan fingerprint density at radius 2 is 1.87 bits per heavy atom. The van der Waals surface area contributed by atoms with Crippen LogP contribution in [0.15, 0.2) is 24.3 Å². The second kappa shape index (κ2) is 3.66. The highest BCUT2D eigenvalue weighted by molar-refractivity contribution is 5.87. The number of carbonyl (C=O) groups is 1. The predicted molar refractivity (Wildman–Crippen MR) is 55.9 cm³/mol. The van der Waals surface area contributed by atoms with Gasteiger partial charge in [0.15, 0.2) is 0 Å². The van der Waals surface area contributed by atoms with Gasteiger partial charge in [-0.1, -0.05) is 12.1 Å². The highest BCUT2D eigenvalue weighted by atomic mass is 16.4. The number of benzene rings is 1. The molecule has 1 aliphatic rings. The van der Waals surface area contributed by atoms with Gasteiger partial charge in [-0.3, -0.25) is 0 Å². The Kier molecular flexibility index (Phi) is 2.49. The summed E-state index contributed by atoms with van der Waals surface area (Å²) in [6.07, 6.45) is 3.40. The van der Waals surface area contributed by atoms with E-state index in [2.05, 4.69) is 0 Å². The molecule has 0 radical (unpaired) electrons. The highest BCUT2D eigenvalue weighted by Crippen LogP contribution is 2.39. The third-order valence-electron chi connectivity index (χ3n) is 2.91. The molecule has 0 aliphatic heterocycles. The molecule has 0 bridgehead atoms. The molecule has 0 unspecified atom stereocenters. The molecule has 1 saturated carbocycles. The van der Waals surface area contributed by atoms with Crippen LogP contribution < -0.4 is 0 Å². The first-order valence-electron chi connectivity index (χ1n) is 5.14.